The minimum absolute atomic E-state index is 0.523. The summed E-state index contributed by atoms with van der Waals surface area (Å²) in [6, 6.07) is 51.7. The number of hydrogen-bond donors (Lipinski definition) is 1. The second-order valence-electron chi connectivity index (χ2n) is 13.0. The van der Waals surface area contributed by atoms with Gasteiger partial charge in [-0.3, -0.25) is 0 Å². The molecule has 240 valence electrons. The van der Waals surface area contributed by atoms with Gasteiger partial charge in [0.25, 0.3) is 0 Å². The molecule has 1 atom stereocenters. The number of rotatable bonds is 4. The summed E-state index contributed by atoms with van der Waals surface area (Å²) >= 11 is 0. The van der Waals surface area contributed by atoms with E-state index in [1.807, 2.05) is 66.7 Å². The molecule has 0 saturated carbocycles. The summed E-state index contributed by atoms with van der Waals surface area (Å²) in [6.45, 7) is 0. The van der Waals surface area contributed by atoms with Crippen molar-refractivity contribution in [2.24, 2.45) is 9.98 Å². The Morgan fingerprint density at radius 2 is 0.922 bits per heavy atom. The van der Waals surface area contributed by atoms with E-state index < -0.39 is 6.17 Å². The van der Waals surface area contributed by atoms with E-state index in [1.54, 1.807) is 0 Å². The molecule has 0 aliphatic carbocycles. The second-order valence-corrected chi connectivity index (χ2v) is 13.0. The quantitative estimate of drug-likeness (QED) is 0.204. The van der Waals surface area contributed by atoms with Gasteiger partial charge in [0.1, 0.15) is 45.2 Å². The Labute approximate surface area is 291 Å². The number of benzene rings is 7. The summed E-state index contributed by atoms with van der Waals surface area (Å²) < 4.78 is 18.8. The highest BCUT2D eigenvalue weighted by atomic mass is 16.3. The number of fused-ring (bicyclic) bond motifs is 9. The van der Waals surface area contributed by atoms with Crippen LogP contribution in [0.1, 0.15) is 22.9 Å². The highest BCUT2D eigenvalue weighted by Crippen LogP contribution is 2.40. The SMILES string of the molecule is c1ccc(C2=NC(c3cccc4oc5ccc(-c6ccc7oc8ccccc8c7c6)cc5c34)N=C(c3ccc4c(c3)oc3ccccc34)N2)cc1. The van der Waals surface area contributed by atoms with E-state index in [4.69, 9.17) is 23.2 Å². The van der Waals surface area contributed by atoms with Crippen LogP contribution in [-0.4, -0.2) is 11.7 Å². The Bertz CT molecular complexity index is 3070. The molecule has 3 aromatic heterocycles. The first-order chi connectivity index (χ1) is 25.2. The largest absolute Gasteiger partial charge is 0.456 e. The fraction of sp³-hybridized carbons (Fsp3) is 0.0222. The van der Waals surface area contributed by atoms with Crippen molar-refractivity contribution >= 4 is 77.5 Å². The first kappa shape index (κ1) is 28.0. The van der Waals surface area contributed by atoms with Crippen molar-refractivity contribution < 1.29 is 13.3 Å². The average Bonchev–Trinajstić information content (AvgIpc) is 3.88. The molecule has 6 heteroatoms. The van der Waals surface area contributed by atoms with Gasteiger partial charge in [0.05, 0.1) is 0 Å². The van der Waals surface area contributed by atoms with Gasteiger partial charge in [0, 0.05) is 49.0 Å². The highest BCUT2D eigenvalue weighted by Gasteiger charge is 2.25. The average molecular weight is 658 g/mol. The van der Waals surface area contributed by atoms with Gasteiger partial charge in [-0.1, -0.05) is 97.1 Å². The van der Waals surface area contributed by atoms with E-state index in [1.165, 1.54) is 0 Å². The van der Waals surface area contributed by atoms with E-state index in [9.17, 15) is 0 Å². The molecule has 10 aromatic rings. The molecule has 0 bridgehead atoms. The van der Waals surface area contributed by atoms with Crippen molar-refractivity contribution in [3.05, 3.63) is 168 Å². The molecule has 1 aliphatic rings. The molecule has 1 N–H and O–H groups in total. The van der Waals surface area contributed by atoms with Gasteiger partial charge in [-0.05, 0) is 65.7 Å². The van der Waals surface area contributed by atoms with Crippen LogP contribution in [-0.2, 0) is 0 Å². The predicted octanol–water partition coefficient (Wildman–Crippen LogP) is 11.5. The molecule has 1 unspecified atom stereocenters. The van der Waals surface area contributed by atoms with Crippen molar-refractivity contribution in [3.8, 4) is 11.1 Å². The topological polar surface area (TPSA) is 76.2 Å². The highest BCUT2D eigenvalue weighted by molar-refractivity contribution is 6.18. The van der Waals surface area contributed by atoms with Gasteiger partial charge in [-0.15, -0.1) is 0 Å². The van der Waals surface area contributed by atoms with Crippen LogP contribution < -0.4 is 5.32 Å². The van der Waals surface area contributed by atoms with Gasteiger partial charge in [0.2, 0.25) is 0 Å². The monoisotopic (exact) mass is 657 g/mol. The maximum atomic E-state index is 6.45. The fourth-order valence-corrected chi connectivity index (χ4v) is 7.51. The molecular weight excluding hydrogens is 631 g/mol. The van der Waals surface area contributed by atoms with Crippen LogP contribution in [0.4, 0.5) is 0 Å². The Hall–Kier alpha value is -6.92. The lowest BCUT2D eigenvalue weighted by Crippen LogP contribution is -2.36. The third-order valence-electron chi connectivity index (χ3n) is 9.95. The Kier molecular flexibility index (Phi) is 5.92. The first-order valence-corrected chi connectivity index (χ1v) is 17.0. The summed E-state index contributed by atoms with van der Waals surface area (Å²) in [7, 11) is 0. The number of para-hydroxylation sites is 2. The molecule has 11 rings (SSSR count). The molecule has 0 amide bonds. The number of amidine groups is 2. The van der Waals surface area contributed by atoms with Crippen LogP contribution in [0.5, 0.6) is 0 Å². The lowest BCUT2D eigenvalue weighted by molar-refractivity contribution is 0.667. The third kappa shape index (κ3) is 4.43. The summed E-state index contributed by atoms with van der Waals surface area (Å²) in [5.41, 5.74) is 10.1. The maximum Gasteiger partial charge on any atom is 0.170 e. The maximum absolute atomic E-state index is 6.45. The minimum atomic E-state index is -0.523. The normalized spacial score (nSPS) is 14.9. The van der Waals surface area contributed by atoms with Crippen LogP contribution in [0.2, 0.25) is 0 Å². The molecule has 0 radical (unpaired) electrons. The van der Waals surface area contributed by atoms with E-state index in [-0.39, 0.29) is 0 Å². The molecule has 0 fully saturated rings. The second kappa shape index (κ2) is 10.8. The summed E-state index contributed by atoms with van der Waals surface area (Å²) in [4.78, 5) is 10.5. The lowest BCUT2D eigenvalue weighted by Gasteiger charge is -2.22. The molecule has 6 nitrogen and oxygen atoms in total. The number of nitrogens with one attached hydrogen (secondary N) is 1. The zero-order valence-electron chi connectivity index (χ0n) is 27.1. The van der Waals surface area contributed by atoms with Gasteiger partial charge >= 0.3 is 0 Å². The molecule has 7 aromatic carbocycles. The van der Waals surface area contributed by atoms with Crippen molar-refractivity contribution in [1.82, 2.24) is 5.32 Å². The molecule has 0 saturated heterocycles. The van der Waals surface area contributed by atoms with Crippen LogP contribution in [0.25, 0.3) is 76.9 Å². The van der Waals surface area contributed by atoms with Crippen molar-refractivity contribution in [1.29, 1.82) is 0 Å². The zero-order valence-corrected chi connectivity index (χ0v) is 27.1. The number of hydrogen-bond acceptors (Lipinski definition) is 6. The molecule has 0 spiro atoms. The molecule has 1 aliphatic heterocycles. The Morgan fingerprint density at radius 1 is 0.373 bits per heavy atom. The van der Waals surface area contributed by atoms with E-state index in [0.29, 0.717) is 0 Å². The fourth-order valence-electron chi connectivity index (χ4n) is 7.51. The Morgan fingerprint density at radius 3 is 1.71 bits per heavy atom. The predicted molar refractivity (Wildman–Crippen MR) is 206 cm³/mol. The van der Waals surface area contributed by atoms with Gasteiger partial charge < -0.3 is 18.6 Å². The third-order valence-corrected chi connectivity index (χ3v) is 9.95. The minimum Gasteiger partial charge on any atom is -0.456 e. The summed E-state index contributed by atoms with van der Waals surface area (Å²) in [5.74, 6) is 1.48. The van der Waals surface area contributed by atoms with Crippen molar-refractivity contribution in [3.63, 3.8) is 0 Å². The zero-order chi connectivity index (χ0) is 33.5. The summed E-state index contributed by atoms with van der Waals surface area (Å²) in [6.07, 6.45) is -0.523. The number of aliphatic imine (C=N–C) groups is 2. The van der Waals surface area contributed by atoms with Gasteiger partial charge in [-0.25, -0.2) is 9.98 Å². The van der Waals surface area contributed by atoms with Gasteiger partial charge in [0.15, 0.2) is 6.17 Å². The van der Waals surface area contributed by atoms with E-state index in [0.717, 1.165) is 105 Å². The molecular formula is C45H27N3O3. The number of nitrogens with zero attached hydrogens (tertiary/aromatic N) is 2. The van der Waals surface area contributed by atoms with Gasteiger partial charge in [-0.2, -0.15) is 0 Å². The Balaban J connectivity index is 1.08. The molecule has 4 heterocycles. The van der Waals surface area contributed by atoms with Crippen molar-refractivity contribution in [2.75, 3.05) is 0 Å². The van der Waals surface area contributed by atoms with E-state index in [2.05, 4.69) is 90.2 Å². The van der Waals surface area contributed by atoms with Crippen LogP contribution in [0.15, 0.2) is 175 Å². The lowest BCUT2D eigenvalue weighted by atomic mass is 9.98. The smallest absolute Gasteiger partial charge is 0.170 e. The number of furan rings is 3. The van der Waals surface area contributed by atoms with Crippen LogP contribution in [0, 0.1) is 0 Å². The standard InChI is InChI=1S/C45H27N3O3/c1-2-9-26(10-3-1)43-46-44(29-17-20-32-30-11-4-6-14-36(30)51-41(32)25-29)48-45(47-43)33-13-8-16-40-42(33)35-24-28(19-22-39(35)50-40)27-18-21-38-34(23-27)31-12-5-7-15-37(31)49-38/h1-25,45H,(H,46,47,48). The van der Waals surface area contributed by atoms with Crippen molar-refractivity contribution in [2.45, 2.75) is 6.17 Å². The molecule has 51 heavy (non-hydrogen) atoms. The first-order valence-electron chi connectivity index (χ1n) is 17.0. The summed E-state index contributed by atoms with van der Waals surface area (Å²) in [5, 5.41) is 9.94. The van der Waals surface area contributed by atoms with Crippen LogP contribution >= 0.6 is 0 Å². The van der Waals surface area contributed by atoms with Crippen LogP contribution in [0.3, 0.4) is 0 Å². The van der Waals surface area contributed by atoms with E-state index >= 15 is 0 Å².